The molecule has 1 fully saturated rings. The number of carbonyl (C=O) groups excluding carboxylic acids is 1. The van der Waals surface area contributed by atoms with Crippen molar-refractivity contribution in [1.29, 1.82) is 0 Å². The third-order valence-corrected chi connectivity index (χ3v) is 3.55. The lowest BCUT2D eigenvalue weighted by Gasteiger charge is -2.21. The maximum Gasteiger partial charge on any atom is 0.239 e. The third-order valence-electron chi connectivity index (χ3n) is 3.55. The highest BCUT2D eigenvalue weighted by atomic mass is 35.5. The zero-order valence-electron chi connectivity index (χ0n) is 12.4. The first-order chi connectivity index (χ1) is 9.65. The van der Waals surface area contributed by atoms with Crippen LogP contribution in [0, 0.1) is 5.92 Å². The molecule has 21 heavy (non-hydrogen) atoms. The van der Waals surface area contributed by atoms with Gasteiger partial charge in [-0.2, -0.15) is 0 Å². The first-order valence-electron chi connectivity index (χ1n) is 6.84. The summed E-state index contributed by atoms with van der Waals surface area (Å²) in [6.07, 6.45) is 2.27. The van der Waals surface area contributed by atoms with Gasteiger partial charge in [-0.1, -0.05) is 12.1 Å². The second-order valence-electron chi connectivity index (χ2n) is 5.16. The fraction of sp³-hybridized carbons (Fsp3) is 0.533. The normalized spacial score (nSPS) is 16.5. The van der Waals surface area contributed by atoms with Crippen molar-refractivity contribution >= 4 is 18.3 Å². The van der Waals surface area contributed by atoms with Gasteiger partial charge in [0.2, 0.25) is 5.91 Å². The molecule has 2 rings (SSSR count). The van der Waals surface area contributed by atoms with Crippen LogP contribution in [0.2, 0.25) is 0 Å². The van der Waals surface area contributed by atoms with Crippen LogP contribution in [0.4, 0.5) is 0 Å². The van der Waals surface area contributed by atoms with Gasteiger partial charge in [0.05, 0.1) is 19.8 Å². The Morgan fingerprint density at radius 2 is 1.95 bits per heavy atom. The molecular formula is C15H23ClN2O3. The summed E-state index contributed by atoms with van der Waals surface area (Å²) < 4.78 is 10.1. The maximum atomic E-state index is 12.0. The summed E-state index contributed by atoms with van der Waals surface area (Å²) in [5.74, 6) is 1.15. The Balaban J connectivity index is 0.00000220. The maximum absolute atomic E-state index is 12.0. The Morgan fingerprint density at radius 1 is 1.33 bits per heavy atom. The van der Waals surface area contributed by atoms with Crippen LogP contribution in [0.25, 0.3) is 0 Å². The Hall–Kier alpha value is -1.30. The van der Waals surface area contributed by atoms with Gasteiger partial charge in [0, 0.05) is 7.11 Å². The summed E-state index contributed by atoms with van der Waals surface area (Å²) >= 11 is 0. The molecule has 0 heterocycles. The molecule has 0 saturated heterocycles. The van der Waals surface area contributed by atoms with E-state index in [1.54, 1.807) is 7.11 Å². The number of methoxy groups -OCH3 is 2. The highest BCUT2D eigenvalue weighted by molar-refractivity contribution is 5.85. The number of hydrogen-bond acceptors (Lipinski definition) is 4. The minimum atomic E-state index is -0.625. The van der Waals surface area contributed by atoms with Crippen LogP contribution in [0.1, 0.15) is 24.4 Å². The van der Waals surface area contributed by atoms with Crippen molar-refractivity contribution in [3.8, 4) is 5.75 Å². The Kier molecular flexibility index (Phi) is 6.95. The average Bonchev–Trinajstić information content (AvgIpc) is 3.29. The quantitative estimate of drug-likeness (QED) is 0.802. The zero-order chi connectivity index (χ0) is 14.5. The second-order valence-corrected chi connectivity index (χ2v) is 5.16. The van der Waals surface area contributed by atoms with Crippen LogP contribution in [0.3, 0.4) is 0 Å². The lowest BCUT2D eigenvalue weighted by molar-refractivity contribution is -0.124. The van der Waals surface area contributed by atoms with Gasteiger partial charge < -0.3 is 20.5 Å². The standard InChI is InChI=1S/C15H22N2O3.ClH/c1-19-9-13(16)15(18)17-14(10-3-4-10)11-5-7-12(20-2)8-6-11;/h5-8,10,13-14H,3-4,9,16H2,1-2H3,(H,17,18);1H. The minimum absolute atomic E-state index is 0. The third kappa shape index (κ3) is 4.88. The van der Waals surface area contributed by atoms with Crippen LogP contribution in [0.15, 0.2) is 24.3 Å². The molecule has 1 amide bonds. The number of carbonyl (C=O) groups is 1. The molecule has 2 unspecified atom stereocenters. The molecule has 3 N–H and O–H groups in total. The van der Waals surface area contributed by atoms with Crippen LogP contribution >= 0.6 is 12.4 Å². The van der Waals surface area contributed by atoms with Gasteiger partial charge in [-0.15, -0.1) is 12.4 Å². The Bertz CT molecular complexity index is 449. The minimum Gasteiger partial charge on any atom is -0.497 e. The monoisotopic (exact) mass is 314 g/mol. The van der Waals surface area contributed by atoms with Crippen LogP contribution in [-0.2, 0) is 9.53 Å². The molecule has 0 aliphatic heterocycles. The predicted octanol–water partition coefficient (Wildman–Crippen LogP) is 1.66. The van der Waals surface area contributed by atoms with Crippen molar-refractivity contribution in [3.05, 3.63) is 29.8 Å². The zero-order valence-corrected chi connectivity index (χ0v) is 13.2. The van der Waals surface area contributed by atoms with E-state index in [-0.39, 0.29) is 31.0 Å². The number of benzene rings is 1. The summed E-state index contributed by atoms with van der Waals surface area (Å²) in [6.45, 7) is 0.228. The lowest BCUT2D eigenvalue weighted by atomic mass is 10.0. The van der Waals surface area contributed by atoms with Gasteiger partial charge in [0.15, 0.2) is 0 Å². The fourth-order valence-electron chi connectivity index (χ4n) is 2.23. The summed E-state index contributed by atoms with van der Waals surface area (Å²) in [6, 6.07) is 7.20. The van der Waals surface area contributed by atoms with E-state index in [1.807, 2.05) is 24.3 Å². The van der Waals surface area contributed by atoms with Crippen LogP contribution in [-0.4, -0.2) is 32.8 Å². The molecule has 2 atom stereocenters. The predicted molar refractivity (Wildman–Crippen MR) is 83.7 cm³/mol. The molecule has 1 saturated carbocycles. The Morgan fingerprint density at radius 3 is 2.43 bits per heavy atom. The largest absolute Gasteiger partial charge is 0.497 e. The lowest BCUT2D eigenvalue weighted by Crippen LogP contribution is -2.45. The smallest absolute Gasteiger partial charge is 0.239 e. The molecule has 1 aromatic rings. The van der Waals surface area contributed by atoms with Crippen LogP contribution < -0.4 is 15.8 Å². The number of halogens is 1. The molecule has 0 spiro atoms. The number of amides is 1. The van der Waals surface area contributed by atoms with E-state index in [2.05, 4.69) is 5.32 Å². The van der Waals surface area contributed by atoms with Gasteiger partial charge in [0.1, 0.15) is 11.8 Å². The molecular weight excluding hydrogens is 292 g/mol. The molecule has 5 nitrogen and oxygen atoms in total. The van der Waals surface area contributed by atoms with E-state index in [0.29, 0.717) is 5.92 Å². The van der Waals surface area contributed by atoms with Crippen molar-refractivity contribution in [3.63, 3.8) is 0 Å². The summed E-state index contributed by atoms with van der Waals surface area (Å²) in [4.78, 5) is 12.0. The molecule has 0 radical (unpaired) electrons. The SMILES string of the molecule is COCC(N)C(=O)NC(c1ccc(OC)cc1)C1CC1.Cl. The number of rotatable bonds is 7. The van der Waals surface area contributed by atoms with Gasteiger partial charge in [-0.25, -0.2) is 0 Å². The van der Waals surface area contributed by atoms with Gasteiger partial charge >= 0.3 is 0 Å². The average molecular weight is 315 g/mol. The van der Waals surface area contributed by atoms with Crippen molar-refractivity contribution in [1.82, 2.24) is 5.32 Å². The summed E-state index contributed by atoms with van der Waals surface area (Å²) in [7, 11) is 3.17. The molecule has 1 aromatic carbocycles. The highest BCUT2D eigenvalue weighted by Gasteiger charge is 2.34. The van der Waals surface area contributed by atoms with E-state index in [0.717, 1.165) is 24.2 Å². The number of nitrogens with two attached hydrogens (primary N) is 1. The van der Waals surface area contributed by atoms with Crippen molar-refractivity contribution < 1.29 is 14.3 Å². The van der Waals surface area contributed by atoms with Crippen molar-refractivity contribution in [2.75, 3.05) is 20.8 Å². The van der Waals surface area contributed by atoms with E-state index in [1.165, 1.54) is 7.11 Å². The van der Waals surface area contributed by atoms with E-state index in [9.17, 15) is 4.79 Å². The Labute approximate surface area is 131 Å². The molecule has 0 aromatic heterocycles. The van der Waals surface area contributed by atoms with Gasteiger partial charge in [-0.3, -0.25) is 4.79 Å². The molecule has 1 aliphatic carbocycles. The summed E-state index contributed by atoms with van der Waals surface area (Å²) in [5.41, 5.74) is 6.85. The number of hydrogen-bond donors (Lipinski definition) is 2. The second kappa shape index (κ2) is 8.22. The first kappa shape index (κ1) is 17.8. The summed E-state index contributed by atoms with van der Waals surface area (Å²) in [5, 5.41) is 3.03. The number of ether oxygens (including phenoxy) is 2. The molecule has 118 valence electrons. The van der Waals surface area contributed by atoms with E-state index in [4.69, 9.17) is 15.2 Å². The van der Waals surface area contributed by atoms with Crippen molar-refractivity contribution in [2.24, 2.45) is 11.7 Å². The van der Waals surface area contributed by atoms with Gasteiger partial charge in [-0.05, 0) is 36.5 Å². The molecule has 1 aliphatic rings. The van der Waals surface area contributed by atoms with Crippen molar-refractivity contribution in [2.45, 2.75) is 24.9 Å². The van der Waals surface area contributed by atoms with Crippen LogP contribution in [0.5, 0.6) is 5.75 Å². The van der Waals surface area contributed by atoms with E-state index >= 15 is 0 Å². The number of nitrogens with one attached hydrogen (secondary N) is 1. The first-order valence-corrected chi connectivity index (χ1v) is 6.84. The molecule has 0 bridgehead atoms. The van der Waals surface area contributed by atoms with E-state index < -0.39 is 6.04 Å². The topological polar surface area (TPSA) is 73.6 Å². The van der Waals surface area contributed by atoms with Gasteiger partial charge in [0.25, 0.3) is 0 Å². The highest BCUT2D eigenvalue weighted by Crippen LogP contribution is 2.41. The molecule has 6 heteroatoms. The fourth-order valence-corrected chi connectivity index (χ4v) is 2.23.